The number of aromatic nitrogens is 1. The number of pyridine rings is 1. The fraction of sp³-hybridized carbons (Fsp3) is 0.375. The summed E-state index contributed by atoms with van der Waals surface area (Å²) in [6, 6.07) is 1.79. The number of halogens is 1. The smallest absolute Gasteiger partial charge is 0.155 e. The molecular formula is C8H10BrNO2. The molecule has 0 N–H and O–H groups in total. The molecule has 0 saturated heterocycles. The number of hydrogen-bond acceptors (Lipinski definition) is 3. The normalized spacial score (nSPS) is 9.58. The van der Waals surface area contributed by atoms with Crippen LogP contribution >= 0.6 is 15.9 Å². The van der Waals surface area contributed by atoms with E-state index in [9.17, 15) is 0 Å². The Hall–Kier alpha value is -0.770. The first kappa shape index (κ1) is 9.32. The summed E-state index contributed by atoms with van der Waals surface area (Å²) in [4.78, 5) is 4.04. The summed E-state index contributed by atoms with van der Waals surface area (Å²) in [6.45, 7) is 2.54. The van der Waals surface area contributed by atoms with Gasteiger partial charge in [-0.3, -0.25) is 0 Å². The Labute approximate surface area is 79.8 Å². The third-order valence-corrected chi connectivity index (χ3v) is 1.91. The molecule has 0 atom stereocenters. The van der Waals surface area contributed by atoms with Crippen molar-refractivity contribution < 1.29 is 9.47 Å². The number of methoxy groups -OCH3 is 1. The summed E-state index contributed by atoms with van der Waals surface area (Å²) in [7, 11) is 1.60. The molecule has 0 aliphatic rings. The third-order valence-electron chi connectivity index (χ3n) is 1.32. The van der Waals surface area contributed by atoms with Gasteiger partial charge < -0.3 is 9.47 Å². The Morgan fingerprint density at radius 3 is 2.92 bits per heavy atom. The van der Waals surface area contributed by atoms with Crippen LogP contribution < -0.4 is 9.47 Å². The number of rotatable bonds is 3. The molecule has 0 saturated carbocycles. The maximum atomic E-state index is 5.29. The lowest BCUT2D eigenvalue weighted by atomic mass is 10.4. The predicted octanol–water partition coefficient (Wildman–Crippen LogP) is 2.25. The lowest BCUT2D eigenvalue weighted by molar-refractivity contribution is 0.331. The van der Waals surface area contributed by atoms with Crippen molar-refractivity contribution >= 4 is 15.9 Å². The zero-order chi connectivity index (χ0) is 8.97. The van der Waals surface area contributed by atoms with E-state index < -0.39 is 0 Å². The van der Waals surface area contributed by atoms with Crippen LogP contribution in [0.3, 0.4) is 0 Å². The first-order chi connectivity index (χ1) is 5.77. The molecule has 0 aliphatic heterocycles. The van der Waals surface area contributed by atoms with E-state index in [1.54, 1.807) is 19.4 Å². The molecule has 1 heterocycles. The van der Waals surface area contributed by atoms with Crippen LogP contribution in [0.2, 0.25) is 0 Å². The van der Waals surface area contributed by atoms with E-state index in [1.807, 2.05) is 6.92 Å². The van der Waals surface area contributed by atoms with Gasteiger partial charge in [-0.05, 0) is 22.9 Å². The molecule has 12 heavy (non-hydrogen) atoms. The van der Waals surface area contributed by atoms with Crippen molar-refractivity contribution in [1.29, 1.82) is 0 Å². The van der Waals surface area contributed by atoms with Gasteiger partial charge in [0.2, 0.25) is 0 Å². The second-order valence-corrected chi connectivity index (χ2v) is 2.85. The Morgan fingerprint density at radius 2 is 2.33 bits per heavy atom. The number of ether oxygens (including phenoxy) is 2. The van der Waals surface area contributed by atoms with Gasteiger partial charge in [0.15, 0.2) is 5.75 Å². The van der Waals surface area contributed by atoms with Crippen molar-refractivity contribution in [1.82, 2.24) is 4.98 Å². The molecule has 0 spiro atoms. The maximum Gasteiger partial charge on any atom is 0.155 e. The van der Waals surface area contributed by atoms with E-state index in [-0.39, 0.29) is 0 Å². The number of hydrogen-bond donors (Lipinski definition) is 0. The zero-order valence-electron chi connectivity index (χ0n) is 7.00. The van der Waals surface area contributed by atoms with Crippen molar-refractivity contribution in [3.05, 3.63) is 16.9 Å². The maximum absolute atomic E-state index is 5.29. The van der Waals surface area contributed by atoms with Gasteiger partial charge in [0.05, 0.1) is 19.9 Å². The standard InChI is InChI=1S/C8H10BrNO2/c1-3-12-7-4-6(11-2)5-10-8(7)9/h4-5H,3H2,1-2H3. The van der Waals surface area contributed by atoms with E-state index in [4.69, 9.17) is 9.47 Å². The highest BCUT2D eigenvalue weighted by atomic mass is 79.9. The van der Waals surface area contributed by atoms with Crippen LogP contribution in [0.4, 0.5) is 0 Å². The second kappa shape index (κ2) is 4.30. The third kappa shape index (κ3) is 2.11. The van der Waals surface area contributed by atoms with Crippen molar-refractivity contribution in [3.8, 4) is 11.5 Å². The Kier molecular flexibility index (Phi) is 3.34. The molecule has 3 nitrogen and oxygen atoms in total. The molecule has 4 heteroatoms. The molecule has 0 aliphatic carbocycles. The highest BCUT2D eigenvalue weighted by Crippen LogP contribution is 2.26. The van der Waals surface area contributed by atoms with E-state index in [1.165, 1.54) is 0 Å². The van der Waals surface area contributed by atoms with Crippen LogP contribution in [0.15, 0.2) is 16.9 Å². The molecule has 0 fully saturated rings. The van der Waals surface area contributed by atoms with Gasteiger partial charge in [0.25, 0.3) is 0 Å². The molecular weight excluding hydrogens is 222 g/mol. The second-order valence-electron chi connectivity index (χ2n) is 2.10. The molecule has 66 valence electrons. The molecule has 0 aromatic carbocycles. The van der Waals surface area contributed by atoms with Crippen molar-refractivity contribution in [2.45, 2.75) is 6.92 Å². The van der Waals surface area contributed by atoms with Crippen LogP contribution in [0.5, 0.6) is 11.5 Å². The van der Waals surface area contributed by atoms with Gasteiger partial charge >= 0.3 is 0 Å². The minimum absolute atomic E-state index is 0.618. The largest absolute Gasteiger partial charge is 0.495 e. The summed E-state index contributed by atoms with van der Waals surface area (Å²) < 4.78 is 11.0. The quantitative estimate of drug-likeness (QED) is 0.749. The highest BCUT2D eigenvalue weighted by molar-refractivity contribution is 9.10. The Balaban J connectivity index is 2.91. The number of nitrogens with zero attached hydrogens (tertiary/aromatic N) is 1. The molecule has 1 aromatic heterocycles. The average Bonchev–Trinajstić information content (AvgIpc) is 2.09. The predicted molar refractivity (Wildman–Crippen MR) is 49.7 cm³/mol. The summed E-state index contributed by atoms with van der Waals surface area (Å²) in [5, 5.41) is 0. The monoisotopic (exact) mass is 231 g/mol. The molecule has 0 unspecified atom stereocenters. The van der Waals surface area contributed by atoms with Gasteiger partial charge in [0, 0.05) is 6.07 Å². The molecule has 0 amide bonds. The molecule has 1 rings (SSSR count). The van der Waals surface area contributed by atoms with Crippen LogP contribution in [0, 0.1) is 0 Å². The van der Waals surface area contributed by atoms with E-state index in [0.717, 1.165) is 0 Å². The van der Waals surface area contributed by atoms with Gasteiger partial charge in [-0.2, -0.15) is 0 Å². The van der Waals surface area contributed by atoms with Gasteiger partial charge in [-0.15, -0.1) is 0 Å². The lowest BCUT2D eigenvalue weighted by Crippen LogP contribution is -1.94. The summed E-state index contributed by atoms with van der Waals surface area (Å²) in [5.74, 6) is 1.40. The van der Waals surface area contributed by atoms with Gasteiger partial charge in [0.1, 0.15) is 10.4 Å². The summed E-state index contributed by atoms with van der Waals surface area (Å²) in [6.07, 6.45) is 1.63. The summed E-state index contributed by atoms with van der Waals surface area (Å²) >= 11 is 3.27. The highest BCUT2D eigenvalue weighted by Gasteiger charge is 2.02. The average molecular weight is 232 g/mol. The molecule has 0 radical (unpaired) electrons. The van der Waals surface area contributed by atoms with Crippen LogP contribution in [-0.2, 0) is 0 Å². The van der Waals surface area contributed by atoms with Gasteiger partial charge in [-0.25, -0.2) is 4.98 Å². The van der Waals surface area contributed by atoms with Crippen LogP contribution in [0.25, 0.3) is 0 Å². The fourth-order valence-corrected chi connectivity index (χ4v) is 1.11. The summed E-state index contributed by atoms with van der Waals surface area (Å²) in [5.41, 5.74) is 0. The van der Waals surface area contributed by atoms with E-state index in [0.29, 0.717) is 22.7 Å². The zero-order valence-corrected chi connectivity index (χ0v) is 8.59. The molecule has 1 aromatic rings. The Morgan fingerprint density at radius 1 is 1.58 bits per heavy atom. The van der Waals surface area contributed by atoms with E-state index >= 15 is 0 Å². The van der Waals surface area contributed by atoms with Crippen LogP contribution in [0.1, 0.15) is 6.92 Å². The van der Waals surface area contributed by atoms with Gasteiger partial charge in [-0.1, -0.05) is 0 Å². The first-order valence-electron chi connectivity index (χ1n) is 3.60. The fourth-order valence-electron chi connectivity index (χ4n) is 0.778. The Bertz CT molecular complexity index is 265. The SMILES string of the molecule is CCOc1cc(OC)cnc1Br. The lowest BCUT2D eigenvalue weighted by Gasteiger charge is -2.06. The van der Waals surface area contributed by atoms with Crippen molar-refractivity contribution in [3.63, 3.8) is 0 Å². The van der Waals surface area contributed by atoms with Crippen molar-refractivity contribution in [2.75, 3.05) is 13.7 Å². The molecule has 0 bridgehead atoms. The van der Waals surface area contributed by atoms with E-state index in [2.05, 4.69) is 20.9 Å². The van der Waals surface area contributed by atoms with Crippen LogP contribution in [-0.4, -0.2) is 18.7 Å². The first-order valence-corrected chi connectivity index (χ1v) is 4.39. The minimum atomic E-state index is 0.618. The van der Waals surface area contributed by atoms with Crippen molar-refractivity contribution in [2.24, 2.45) is 0 Å². The minimum Gasteiger partial charge on any atom is -0.495 e. The topological polar surface area (TPSA) is 31.4 Å².